The number of para-hydroxylation sites is 1. The van der Waals surface area contributed by atoms with E-state index in [1.807, 2.05) is 0 Å². The SMILES string of the molecule is Cc1ccc(C)c2c1C[C@H](NC1CCN(c3cccc4c3OCCC4)CC1)[C@@H]2O. The molecule has 0 saturated carbocycles. The summed E-state index contributed by atoms with van der Waals surface area (Å²) >= 11 is 0. The average Bonchev–Trinajstić information content (AvgIpc) is 3.08. The Morgan fingerprint density at radius 3 is 2.66 bits per heavy atom. The summed E-state index contributed by atoms with van der Waals surface area (Å²) in [6.45, 7) is 7.18. The van der Waals surface area contributed by atoms with Crippen molar-refractivity contribution in [2.75, 3.05) is 24.6 Å². The number of hydrogen-bond acceptors (Lipinski definition) is 4. The number of aliphatic hydroxyl groups is 1. The smallest absolute Gasteiger partial charge is 0.145 e. The predicted octanol–water partition coefficient (Wildman–Crippen LogP) is 3.85. The molecule has 3 aliphatic rings. The number of benzene rings is 2. The van der Waals surface area contributed by atoms with Crippen LogP contribution in [0.5, 0.6) is 5.75 Å². The quantitative estimate of drug-likeness (QED) is 0.833. The number of fused-ring (bicyclic) bond motifs is 2. The zero-order chi connectivity index (χ0) is 20.0. The van der Waals surface area contributed by atoms with Crippen molar-refractivity contribution in [1.29, 1.82) is 0 Å². The Balaban J connectivity index is 1.24. The molecule has 4 heteroatoms. The van der Waals surface area contributed by atoms with Crippen molar-refractivity contribution < 1.29 is 9.84 Å². The molecule has 0 spiro atoms. The lowest BCUT2D eigenvalue weighted by Crippen LogP contribution is -2.47. The number of ether oxygens (including phenoxy) is 1. The fourth-order valence-electron chi connectivity index (χ4n) is 5.47. The van der Waals surface area contributed by atoms with Crippen LogP contribution in [-0.2, 0) is 12.8 Å². The molecule has 2 N–H and O–H groups in total. The van der Waals surface area contributed by atoms with Crippen molar-refractivity contribution in [2.45, 2.75) is 64.1 Å². The first-order chi connectivity index (χ1) is 14.1. The molecule has 1 aliphatic carbocycles. The molecule has 1 saturated heterocycles. The number of aryl methyl sites for hydroxylation is 3. The van der Waals surface area contributed by atoms with Crippen LogP contribution in [0, 0.1) is 13.8 Å². The van der Waals surface area contributed by atoms with Gasteiger partial charge < -0.3 is 20.1 Å². The van der Waals surface area contributed by atoms with Gasteiger partial charge >= 0.3 is 0 Å². The Morgan fingerprint density at radius 1 is 1.07 bits per heavy atom. The molecule has 2 aliphatic heterocycles. The first-order valence-electron chi connectivity index (χ1n) is 11.1. The van der Waals surface area contributed by atoms with Crippen LogP contribution in [0.25, 0.3) is 0 Å². The van der Waals surface area contributed by atoms with E-state index in [0.29, 0.717) is 6.04 Å². The van der Waals surface area contributed by atoms with E-state index in [2.05, 4.69) is 54.4 Å². The molecule has 0 aromatic heterocycles. The van der Waals surface area contributed by atoms with Gasteiger partial charge in [0.2, 0.25) is 0 Å². The summed E-state index contributed by atoms with van der Waals surface area (Å²) in [4.78, 5) is 2.48. The molecule has 154 valence electrons. The normalized spacial score (nSPS) is 24.2. The third-order valence-electron chi connectivity index (χ3n) is 7.11. The van der Waals surface area contributed by atoms with Crippen molar-refractivity contribution in [3.05, 3.63) is 58.1 Å². The minimum Gasteiger partial charge on any atom is -0.491 e. The van der Waals surface area contributed by atoms with Gasteiger partial charge in [0.15, 0.2) is 0 Å². The van der Waals surface area contributed by atoms with E-state index in [9.17, 15) is 5.11 Å². The van der Waals surface area contributed by atoms with E-state index in [4.69, 9.17) is 4.74 Å². The summed E-state index contributed by atoms with van der Waals surface area (Å²) < 4.78 is 6.02. The molecular formula is C25H32N2O2. The molecule has 0 unspecified atom stereocenters. The van der Waals surface area contributed by atoms with Crippen molar-refractivity contribution in [3.63, 3.8) is 0 Å². The highest BCUT2D eigenvalue weighted by molar-refractivity contribution is 5.62. The molecule has 1 fully saturated rings. The Hall–Kier alpha value is -2.04. The van der Waals surface area contributed by atoms with Crippen LogP contribution in [0.2, 0.25) is 0 Å². The molecule has 29 heavy (non-hydrogen) atoms. The van der Waals surface area contributed by atoms with Gasteiger partial charge in [0.05, 0.1) is 18.4 Å². The zero-order valence-corrected chi connectivity index (χ0v) is 17.6. The highest BCUT2D eigenvalue weighted by Gasteiger charge is 2.35. The summed E-state index contributed by atoms with van der Waals surface area (Å²) in [6, 6.07) is 11.5. The van der Waals surface area contributed by atoms with Crippen LogP contribution in [0.4, 0.5) is 5.69 Å². The van der Waals surface area contributed by atoms with E-state index in [1.165, 1.54) is 27.9 Å². The van der Waals surface area contributed by atoms with E-state index in [0.717, 1.165) is 63.1 Å². The summed E-state index contributed by atoms with van der Waals surface area (Å²) in [6.07, 6.45) is 4.98. The van der Waals surface area contributed by atoms with Crippen molar-refractivity contribution in [2.24, 2.45) is 0 Å². The maximum atomic E-state index is 10.9. The largest absolute Gasteiger partial charge is 0.491 e. The third kappa shape index (κ3) is 3.43. The van der Waals surface area contributed by atoms with Gasteiger partial charge in [-0.3, -0.25) is 0 Å². The number of nitrogens with zero attached hydrogens (tertiary/aromatic N) is 1. The van der Waals surface area contributed by atoms with Gasteiger partial charge in [0.1, 0.15) is 5.75 Å². The van der Waals surface area contributed by atoms with Gasteiger partial charge in [-0.1, -0.05) is 24.3 Å². The third-order valence-corrected chi connectivity index (χ3v) is 7.11. The van der Waals surface area contributed by atoms with Crippen LogP contribution >= 0.6 is 0 Å². The maximum absolute atomic E-state index is 10.9. The first-order valence-corrected chi connectivity index (χ1v) is 11.1. The second-order valence-corrected chi connectivity index (χ2v) is 8.99. The van der Waals surface area contributed by atoms with E-state index in [1.54, 1.807) is 0 Å². The van der Waals surface area contributed by atoms with Crippen LogP contribution in [0.3, 0.4) is 0 Å². The molecule has 2 aromatic carbocycles. The highest BCUT2D eigenvalue weighted by Crippen LogP contribution is 2.38. The lowest BCUT2D eigenvalue weighted by Gasteiger charge is -2.37. The maximum Gasteiger partial charge on any atom is 0.145 e. The molecule has 0 bridgehead atoms. The number of rotatable bonds is 3. The molecular weight excluding hydrogens is 360 g/mol. The van der Waals surface area contributed by atoms with Gasteiger partial charge in [0, 0.05) is 25.2 Å². The summed E-state index contributed by atoms with van der Waals surface area (Å²) in [5, 5.41) is 14.7. The summed E-state index contributed by atoms with van der Waals surface area (Å²) in [5.41, 5.74) is 7.64. The van der Waals surface area contributed by atoms with Crippen molar-refractivity contribution >= 4 is 5.69 Å². The van der Waals surface area contributed by atoms with Crippen LogP contribution < -0.4 is 15.0 Å². The van der Waals surface area contributed by atoms with E-state index in [-0.39, 0.29) is 6.04 Å². The Bertz CT molecular complexity index is 902. The average molecular weight is 393 g/mol. The molecule has 0 radical (unpaired) electrons. The second kappa shape index (κ2) is 7.66. The second-order valence-electron chi connectivity index (χ2n) is 8.99. The van der Waals surface area contributed by atoms with Gasteiger partial charge in [-0.25, -0.2) is 0 Å². The monoisotopic (exact) mass is 392 g/mol. The summed E-state index contributed by atoms with van der Waals surface area (Å²) in [7, 11) is 0. The van der Waals surface area contributed by atoms with E-state index < -0.39 is 6.10 Å². The van der Waals surface area contributed by atoms with Gasteiger partial charge in [-0.2, -0.15) is 0 Å². The number of anilines is 1. The van der Waals surface area contributed by atoms with Crippen molar-refractivity contribution in [1.82, 2.24) is 5.32 Å². The zero-order valence-electron chi connectivity index (χ0n) is 17.6. The van der Waals surface area contributed by atoms with Crippen LogP contribution in [0.1, 0.15) is 53.2 Å². The van der Waals surface area contributed by atoms with Crippen molar-refractivity contribution in [3.8, 4) is 5.75 Å². The Labute approximate surface area is 173 Å². The van der Waals surface area contributed by atoms with Gasteiger partial charge in [-0.05, 0) is 79.8 Å². The highest BCUT2D eigenvalue weighted by atomic mass is 16.5. The molecule has 2 aromatic rings. The molecule has 0 amide bonds. The first kappa shape index (κ1) is 19.0. The predicted molar refractivity (Wildman–Crippen MR) is 117 cm³/mol. The molecule has 2 heterocycles. The fraction of sp³-hybridized carbons (Fsp3) is 0.520. The standard InChI is InChI=1S/C25H32N2O2/c1-16-8-9-17(2)23-20(16)15-21(24(23)28)26-19-10-12-27(13-11-19)22-7-3-5-18-6-4-14-29-25(18)22/h3,5,7-9,19,21,24,26,28H,4,6,10-15H2,1-2H3/t21-,24-/m0/s1. The number of piperidine rings is 1. The lowest BCUT2D eigenvalue weighted by atomic mass is 9.99. The number of nitrogens with one attached hydrogen (secondary N) is 1. The van der Waals surface area contributed by atoms with Gasteiger partial charge in [-0.15, -0.1) is 0 Å². The fourth-order valence-corrected chi connectivity index (χ4v) is 5.47. The molecule has 4 nitrogen and oxygen atoms in total. The minimum atomic E-state index is -0.391. The Morgan fingerprint density at radius 2 is 1.86 bits per heavy atom. The molecule has 2 atom stereocenters. The lowest BCUT2D eigenvalue weighted by molar-refractivity contribution is 0.131. The van der Waals surface area contributed by atoms with Crippen LogP contribution in [0.15, 0.2) is 30.3 Å². The minimum absolute atomic E-state index is 0.133. The number of hydrogen-bond donors (Lipinski definition) is 2. The van der Waals surface area contributed by atoms with Crippen LogP contribution in [-0.4, -0.2) is 36.9 Å². The topological polar surface area (TPSA) is 44.7 Å². The summed E-state index contributed by atoms with van der Waals surface area (Å²) in [5.74, 6) is 1.11. The van der Waals surface area contributed by atoms with E-state index >= 15 is 0 Å². The van der Waals surface area contributed by atoms with Gasteiger partial charge in [0.25, 0.3) is 0 Å². The molecule has 5 rings (SSSR count). The Kier molecular flexibility index (Phi) is 5.00. The number of aliphatic hydroxyl groups excluding tert-OH is 1.